The van der Waals surface area contributed by atoms with E-state index in [-0.39, 0.29) is 10.7 Å². The van der Waals surface area contributed by atoms with Gasteiger partial charge >= 0.3 is 5.97 Å². The van der Waals surface area contributed by atoms with Crippen molar-refractivity contribution in [3.63, 3.8) is 0 Å². The second-order valence-electron chi connectivity index (χ2n) is 4.17. The highest BCUT2D eigenvalue weighted by Gasteiger charge is 2.17. The van der Waals surface area contributed by atoms with E-state index in [0.29, 0.717) is 12.4 Å². The lowest BCUT2D eigenvalue weighted by Crippen LogP contribution is -2.21. The van der Waals surface area contributed by atoms with Crippen LogP contribution in [0.1, 0.15) is 21.7 Å². The van der Waals surface area contributed by atoms with Gasteiger partial charge in [0.05, 0.1) is 6.26 Å². The number of carboxylic acid groups (broad SMARTS) is 1. The number of pyridine rings is 1. The van der Waals surface area contributed by atoms with Crippen molar-refractivity contribution >= 4 is 23.4 Å². The summed E-state index contributed by atoms with van der Waals surface area (Å²) in [5.74, 6) is 0.0984. The van der Waals surface area contributed by atoms with E-state index in [1.165, 1.54) is 12.1 Å². The minimum absolute atomic E-state index is 0.119. The van der Waals surface area contributed by atoms with Crippen LogP contribution in [0.4, 0.5) is 5.82 Å². The summed E-state index contributed by atoms with van der Waals surface area (Å²) in [6.45, 7) is 2.35. The normalized spacial score (nSPS) is 10.5. The number of furan rings is 1. The van der Waals surface area contributed by atoms with Crippen LogP contribution in [0.5, 0.6) is 0 Å². The molecule has 5 nitrogen and oxygen atoms in total. The van der Waals surface area contributed by atoms with Gasteiger partial charge in [-0.2, -0.15) is 0 Å². The van der Waals surface area contributed by atoms with Gasteiger partial charge in [-0.3, -0.25) is 0 Å². The minimum Gasteiger partial charge on any atom is -0.478 e. The molecule has 0 amide bonds. The Morgan fingerprint density at radius 3 is 2.79 bits per heavy atom. The Labute approximate surface area is 115 Å². The number of anilines is 1. The van der Waals surface area contributed by atoms with Crippen molar-refractivity contribution in [2.45, 2.75) is 13.5 Å². The summed E-state index contributed by atoms with van der Waals surface area (Å²) in [6.07, 6.45) is 1.60. The number of nitrogens with zero attached hydrogens (tertiary/aromatic N) is 2. The standard InChI is InChI=1S/C13H13ClN2O3/c1-8-9(5-6-19-8)7-16(2)12-10(13(17)18)3-4-11(14)15-12/h3-6H,7H2,1-2H3,(H,17,18). The summed E-state index contributed by atoms with van der Waals surface area (Å²) in [4.78, 5) is 17.0. The van der Waals surface area contributed by atoms with Gasteiger partial charge in [-0.15, -0.1) is 0 Å². The predicted octanol–water partition coefficient (Wildman–Crippen LogP) is 2.97. The Hall–Kier alpha value is -2.01. The summed E-state index contributed by atoms with van der Waals surface area (Å²) < 4.78 is 5.21. The number of aromatic carboxylic acids is 1. The molecule has 0 unspecified atom stereocenters. The lowest BCUT2D eigenvalue weighted by molar-refractivity contribution is 0.0697. The number of aromatic nitrogens is 1. The predicted molar refractivity (Wildman–Crippen MR) is 71.8 cm³/mol. The van der Waals surface area contributed by atoms with Gasteiger partial charge in [-0.05, 0) is 25.1 Å². The van der Waals surface area contributed by atoms with Crippen LogP contribution in [0, 0.1) is 6.92 Å². The van der Waals surface area contributed by atoms with Crippen molar-refractivity contribution in [2.75, 3.05) is 11.9 Å². The van der Waals surface area contributed by atoms with E-state index in [9.17, 15) is 4.79 Å². The lowest BCUT2D eigenvalue weighted by atomic mass is 10.2. The molecule has 19 heavy (non-hydrogen) atoms. The maximum atomic E-state index is 11.2. The highest BCUT2D eigenvalue weighted by atomic mass is 35.5. The first-order valence-electron chi connectivity index (χ1n) is 5.63. The topological polar surface area (TPSA) is 66.6 Å². The molecule has 0 saturated carbocycles. The number of hydrogen-bond donors (Lipinski definition) is 1. The van der Waals surface area contributed by atoms with E-state index in [1.54, 1.807) is 18.2 Å². The summed E-state index contributed by atoms with van der Waals surface area (Å²) in [5.41, 5.74) is 1.09. The molecule has 0 aliphatic heterocycles. The van der Waals surface area contributed by atoms with Crippen LogP contribution in [0.3, 0.4) is 0 Å². The largest absolute Gasteiger partial charge is 0.478 e. The summed E-state index contributed by atoms with van der Waals surface area (Å²) in [7, 11) is 1.76. The maximum Gasteiger partial charge on any atom is 0.339 e. The van der Waals surface area contributed by atoms with E-state index in [2.05, 4.69) is 4.98 Å². The van der Waals surface area contributed by atoms with Crippen LogP contribution in [-0.4, -0.2) is 23.1 Å². The fourth-order valence-corrected chi connectivity index (χ4v) is 1.93. The molecule has 100 valence electrons. The molecule has 1 N–H and O–H groups in total. The van der Waals surface area contributed by atoms with E-state index < -0.39 is 5.97 Å². The molecule has 0 spiro atoms. The second kappa shape index (κ2) is 5.32. The third kappa shape index (κ3) is 2.88. The van der Waals surface area contributed by atoms with Gasteiger partial charge in [0.15, 0.2) is 0 Å². The Morgan fingerprint density at radius 2 is 2.21 bits per heavy atom. The van der Waals surface area contributed by atoms with E-state index in [0.717, 1.165) is 11.3 Å². The monoisotopic (exact) mass is 280 g/mol. The summed E-state index contributed by atoms with van der Waals surface area (Å²) in [5, 5.41) is 9.42. The van der Waals surface area contributed by atoms with Crippen molar-refractivity contribution in [3.05, 3.63) is 46.5 Å². The Balaban J connectivity index is 2.32. The summed E-state index contributed by atoms with van der Waals surface area (Å²) >= 11 is 5.83. The lowest BCUT2D eigenvalue weighted by Gasteiger charge is -2.19. The molecule has 0 bridgehead atoms. The SMILES string of the molecule is Cc1occc1CN(C)c1nc(Cl)ccc1C(=O)O. The molecule has 0 atom stereocenters. The molecule has 0 aromatic carbocycles. The van der Waals surface area contributed by atoms with Crippen LogP contribution in [0.15, 0.2) is 28.9 Å². The van der Waals surface area contributed by atoms with Crippen molar-refractivity contribution in [1.29, 1.82) is 0 Å². The highest BCUT2D eigenvalue weighted by molar-refractivity contribution is 6.29. The van der Waals surface area contributed by atoms with E-state index in [1.807, 2.05) is 13.0 Å². The number of carbonyl (C=O) groups is 1. The van der Waals surface area contributed by atoms with Gasteiger partial charge in [-0.25, -0.2) is 9.78 Å². The molecule has 2 rings (SSSR count). The number of rotatable bonds is 4. The first kappa shape index (κ1) is 13.4. The Bertz CT molecular complexity index is 610. The van der Waals surface area contributed by atoms with Gasteiger partial charge in [0.2, 0.25) is 0 Å². The zero-order valence-corrected chi connectivity index (χ0v) is 11.3. The van der Waals surface area contributed by atoms with Gasteiger partial charge in [-0.1, -0.05) is 11.6 Å². The fourth-order valence-electron chi connectivity index (χ4n) is 1.79. The van der Waals surface area contributed by atoms with Crippen LogP contribution < -0.4 is 4.90 Å². The van der Waals surface area contributed by atoms with Gasteiger partial charge in [0.1, 0.15) is 22.3 Å². The quantitative estimate of drug-likeness (QED) is 0.872. The molecule has 0 saturated heterocycles. The minimum atomic E-state index is -1.03. The zero-order valence-electron chi connectivity index (χ0n) is 10.6. The Morgan fingerprint density at radius 1 is 1.47 bits per heavy atom. The third-order valence-electron chi connectivity index (χ3n) is 2.81. The number of halogens is 1. The van der Waals surface area contributed by atoms with Crippen LogP contribution >= 0.6 is 11.6 Å². The first-order chi connectivity index (χ1) is 8.99. The smallest absolute Gasteiger partial charge is 0.339 e. The molecular formula is C13H13ClN2O3. The van der Waals surface area contributed by atoms with Crippen molar-refractivity contribution in [3.8, 4) is 0 Å². The molecule has 2 aromatic rings. The summed E-state index contributed by atoms with van der Waals surface area (Å²) in [6, 6.07) is 4.76. The van der Waals surface area contributed by atoms with Crippen LogP contribution in [-0.2, 0) is 6.54 Å². The van der Waals surface area contributed by atoms with E-state index in [4.69, 9.17) is 21.1 Å². The molecule has 2 heterocycles. The molecular weight excluding hydrogens is 268 g/mol. The molecule has 0 aliphatic carbocycles. The molecule has 2 aromatic heterocycles. The molecule has 0 radical (unpaired) electrons. The first-order valence-corrected chi connectivity index (χ1v) is 6.01. The van der Waals surface area contributed by atoms with Crippen molar-refractivity contribution < 1.29 is 14.3 Å². The number of hydrogen-bond acceptors (Lipinski definition) is 4. The van der Waals surface area contributed by atoms with Gasteiger partial charge in [0.25, 0.3) is 0 Å². The van der Waals surface area contributed by atoms with Gasteiger partial charge in [0, 0.05) is 19.2 Å². The zero-order chi connectivity index (χ0) is 14.0. The van der Waals surface area contributed by atoms with Crippen LogP contribution in [0.2, 0.25) is 5.15 Å². The highest BCUT2D eigenvalue weighted by Crippen LogP contribution is 2.22. The third-order valence-corrected chi connectivity index (χ3v) is 3.02. The molecule has 0 fully saturated rings. The molecule has 6 heteroatoms. The number of carboxylic acids is 1. The maximum absolute atomic E-state index is 11.2. The van der Waals surface area contributed by atoms with Gasteiger partial charge < -0.3 is 14.4 Å². The number of aryl methyl sites for hydroxylation is 1. The second-order valence-corrected chi connectivity index (χ2v) is 4.56. The average Bonchev–Trinajstić information content (AvgIpc) is 2.74. The van der Waals surface area contributed by atoms with Crippen molar-refractivity contribution in [2.24, 2.45) is 0 Å². The molecule has 0 aliphatic rings. The van der Waals surface area contributed by atoms with Crippen molar-refractivity contribution in [1.82, 2.24) is 4.98 Å². The Kier molecular flexibility index (Phi) is 3.76. The fraction of sp³-hybridized carbons (Fsp3) is 0.231. The van der Waals surface area contributed by atoms with E-state index >= 15 is 0 Å². The average molecular weight is 281 g/mol. The van der Waals surface area contributed by atoms with Crippen LogP contribution in [0.25, 0.3) is 0 Å².